The Labute approximate surface area is 159 Å². The molecule has 1 aliphatic heterocycles. The second kappa shape index (κ2) is 7.71. The highest BCUT2D eigenvalue weighted by Gasteiger charge is 2.38. The van der Waals surface area contributed by atoms with Gasteiger partial charge in [-0.2, -0.15) is 0 Å². The average molecular weight is 368 g/mol. The fourth-order valence-corrected chi connectivity index (χ4v) is 4.53. The number of carbonyl (C=O) groups is 2. The van der Waals surface area contributed by atoms with Crippen LogP contribution in [0.5, 0.6) is 0 Å². The molecule has 1 saturated heterocycles. The normalized spacial score (nSPS) is 22.9. The topological polar surface area (TPSA) is 78.1 Å². The predicted octanol–water partition coefficient (Wildman–Crippen LogP) is 2.92. The second-order valence-electron chi connectivity index (χ2n) is 7.92. The zero-order chi connectivity index (χ0) is 18.8. The van der Waals surface area contributed by atoms with Crippen LogP contribution < -0.4 is 5.32 Å². The predicted molar refractivity (Wildman–Crippen MR) is 104 cm³/mol. The maximum Gasteiger partial charge on any atom is 0.226 e. The maximum absolute atomic E-state index is 12.9. The van der Waals surface area contributed by atoms with E-state index in [1.165, 1.54) is 0 Å². The van der Waals surface area contributed by atoms with Crippen molar-refractivity contribution in [1.29, 1.82) is 0 Å². The molecule has 1 aliphatic carbocycles. The number of nitrogens with zero attached hydrogens (tertiary/aromatic N) is 2. The zero-order valence-electron chi connectivity index (χ0n) is 16.0. The molecule has 2 N–H and O–H groups in total. The van der Waals surface area contributed by atoms with Gasteiger partial charge in [0.1, 0.15) is 5.82 Å². The number of H-pyrrole nitrogens is 1. The van der Waals surface area contributed by atoms with E-state index in [0.717, 1.165) is 74.0 Å². The fourth-order valence-electron chi connectivity index (χ4n) is 4.53. The molecule has 144 valence electrons. The summed E-state index contributed by atoms with van der Waals surface area (Å²) in [5.74, 6) is 0.770. The van der Waals surface area contributed by atoms with E-state index in [0.29, 0.717) is 6.54 Å². The van der Waals surface area contributed by atoms with Crippen molar-refractivity contribution in [3.8, 4) is 0 Å². The molecular weight excluding hydrogens is 340 g/mol. The van der Waals surface area contributed by atoms with E-state index in [4.69, 9.17) is 0 Å². The minimum absolute atomic E-state index is 0.0214. The van der Waals surface area contributed by atoms with E-state index in [1.807, 2.05) is 30.0 Å². The van der Waals surface area contributed by atoms with E-state index < -0.39 is 0 Å². The quantitative estimate of drug-likeness (QED) is 0.871. The van der Waals surface area contributed by atoms with Gasteiger partial charge in [-0.1, -0.05) is 18.9 Å². The molecule has 0 spiro atoms. The first-order chi connectivity index (χ1) is 13.1. The summed E-state index contributed by atoms with van der Waals surface area (Å²) in [7, 11) is 0. The number of likely N-dealkylation sites (tertiary alicyclic amines) is 1. The lowest BCUT2D eigenvalue weighted by molar-refractivity contribution is -0.142. The lowest BCUT2D eigenvalue weighted by Crippen LogP contribution is -2.44. The number of aromatic nitrogens is 2. The number of hydrogen-bond donors (Lipinski definition) is 2. The van der Waals surface area contributed by atoms with Crippen molar-refractivity contribution in [2.45, 2.75) is 52.0 Å². The van der Waals surface area contributed by atoms with Crippen LogP contribution in [0.15, 0.2) is 18.2 Å². The van der Waals surface area contributed by atoms with Gasteiger partial charge in [-0.05, 0) is 50.3 Å². The lowest BCUT2D eigenvalue weighted by atomic mass is 9.78. The third-order valence-electron chi connectivity index (χ3n) is 5.97. The molecule has 2 aromatic rings. The number of rotatable bonds is 4. The molecule has 27 heavy (non-hydrogen) atoms. The second-order valence-corrected chi connectivity index (χ2v) is 7.92. The summed E-state index contributed by atoms with van der Waals surface area (Å²) >= 11 is 0. The molecule has 2 fully saturated rings. The summed E-state index contributed by atoms with van der Waals surface area (Å²) in [5, 5.41) is 3.07. The average Bonchev–Trinajstić information content (AvgIpc) is 3.34. The Kier molecular flexibility index (Phi) is 5.14. The Morgan fingerprint density at radius 3 is 2.67 bits per heavy atom. The number of nitrogens with one attached hydrogen (secondary N) is 2. The number of aryl methyl sites for hydroxylation is 1. The van der Waals surface area contributed by atoms with Gasteiger partial charge in [-0.3, -0.25) is 9.59 Å². The summed E-state index contributed by atoms with van der Waals surface area (Å²) in [6, 6.07) is 6.00. The first-order valence-electron chi connectivity index (χ1n) is 10.1. The van der Waals surface area contributed by atoms with Gasteiger partial charge in [-0.25, -0.2) is 4.98 Å². The number of hydrogen-bond acceptors (Lipinski definition) is 3. The molecule has 1 aromatic carbocycles. The number of aromatic amines is 1. The summed E-state index contributed by atoms with van der Waals surface area (Å²) in [6.07, 6.45) is 5.91. The monoisotopic (exact) mass is 368 g/mol. The summed E-state index contributed by atoms with van der Waals surface area (Å²) in [4.78, 5) is 35.3. The first-order valence-corrected chi connectivity index (χ1v) is 10.1. The molecule has 0 radical (unpaired) electrons. The third-order valence-corrected chi connectivity index (χ3v) is 5.97. The molecule has 2 unspecified atom stereocenters. The van der Waals surface area contributed by atoms with Gasteiger partial charge in [-0.15, -0.1) is 0 Å². The lowest BCUT2D eigenvalue weighted by Gasteiger charge is -2.32. The van der Waals surface area contributed by atoms with Crippen molar-refractivity contribution in [3.63, 3.8) is 0 Å². The van der Waals surface area contributed by atoms with Crippen molar-refractivity contribution in [3.05, 3.63) is 29.6 Å². The Hall–Kier alpha value is -2.37. The molecule has 6 nitrogen and oxygen atoms in total. The van der Waals surface area contributed by atoms with Crippen LogP contribution in [0.4, 0.5) is 0 Å². The largest absolute Gasteiger partial charge is 0.352 e. The Morgan fingerprint density at radius 2 is 1.89 bits per heavy atom. The number of amides is 2. The van der Waals surface area contributed by atoms with Crippen molar-refractivity contribution in [1.82, 2.24) is 20.2 Å². The highest BCUT2D eigenvalue weighted by atomic mass is 16.2. The van der Waals surface area contributed by atoms with E-state index in [-0.39, 0.29) is 23.7 Å². The third kappa shape index (κ3) is 3.84. The first kappa shape index (κ1) is 18.0. The Balaban J connectivity index is 1.41. The van der Waals surface area contributed by atoms with Gasteiger partial charge in [0.2, 0.25) is 11.8 Å². The van der Waals surface area contributed by atoms with E-state index in [9.17, 15) is 9.59 Å². The smallest absolute Gasteiger partial charge is 0.226 e. The van der Waals surface area contributed by atoms with Gasteiger partial charge < -0.3 is 15.2 Å². The van der Waals surface area contributed by atoms with Gasteiger partial charge in [0, 0.05) is 31.5 Å². The number of fused-ring (bicyclic) bond motifs is 1. The SMILES string of the molecule is Cc1nc2ccc(CNC(=O)C3CCCCC3C(=O)N3CCCC3)cc2[nH]1. The van der Waals surface area contributed by atoms with Crippen molar-refractivity contribution >= 4 is 22.8 Å². The maximum atomic E-state index is 12.9. The Bertz CT molecular complexity index is 838. The van der Waals surface area contributed by atoms with E-state index in [2.05, 4.69) is 15.3 Å². The van der Waals surface area contributed by atoms with Gasteiger partial charge in [0.05, 0.1) is 11.0 Å². The molecule has 2 heterocycles. The van der Waals surface area contributed by atoms with Gasteiger partial charge >= 0.3 is 0 Å². The number of carbonyl (C=O) groups excluding carboxylic acids is 2. The molecule has 6 heteroatoms. The van der Waals surface area contributed by atoms with Crippen LogP contribution in [0.3, 0.4) is 0 Å². The summed E-state index contributed by atoms with van der Waals surface area (Å²) in [6.45, 7) is 4.12. The van der Waals surface area contributed by atoms with Crippen LogP contribution >= 0.6 is 0 Å². The number of imidazole rings is 1. The van der Waals surface area contributed by atoms with Crippen LogP contribution in [0.1, 0.15) is 49.9 Å². The summed E-state index contributed by atoms with van der Waals surface area (Å²) in [5.41, 5.74) is 2.96. The van der Waals surface area contributed by atoms with Crippen LogP contribution in [0, 0.1) is 18.8 Å². The molecule has 2 atom stereocenters. The Morgan fingerprint density at radius 1 is 1.15 bits per heavy atom. The zero-order valence-corrected chi connectivity index (χ0v) is 16.0. The molecular formula is C21H28N4O2. The van der Waals surface area contributed by atoms with Gasteiger partial charge in [0.25, 0.3) is 0 Å². The van der Waals surface area contributed by atoms with Crippen LogP contribution in [0.2, 0.25) is 0 Å². The molecule has 1 saturated carbocycles. The van der Waals surface area contributed by atoms with Gasteiger partial charge in [0.15, 0.2) is 0 Å². The number of benzene rings is 1. The van der Waals surface area contributed by atoms with Crippen molar-refractivity contribution in [2.24, 2.45) is 11.8 Å². The molecule has 0 bridgehead atoms. The molecule has 4 rings (SSSR count). The highest BCUT2D eigenvalue weighted by molar-refractivity contribution is 5.88. The molecule has 1 aromatic heterocycles. The highest BCUT2D eigenvalue weighted by Crippen LogP contribution is 2.32. The molecule has 2 amide bonds. The standard InChI is InChI=1S/C21H28N4O2/c1-14-23-18-9-8-15(12-19(18)24-14)13-22-20(26)16-6-2-3-7-17(16)21(27)25-10-4-5-11-25/h8-9,12,16-17H,2-7,10-11,13H2,1H3,(H,22,26)(H,23,24). The van der Waals surface area contributed by atoms with Crippen LogP contribution in [0.25, 0.3) is 11.0 Å². The van der Waals surface area contributed by atoms with Crippen LogP contribution in [-0.2, 0) is 16.1 Å². The van der Waals surface area contributed by atoms with Crippen molar-refractivity contribution < 1.29 is 9.59 Å². The summed E-state index contributed by atoms with van der Waals surface area (Å²) < 4.78 is 0. The minimum atomic E-state index is -0.190. The van der Waals surface area contributed by atoms with Crippen LogP contribution in [-0.4, -0.2) is 39.8 Å². The minimum Gasteiger partial charge on any atom is -0.352 e. The van der Waals surface area contributed by atoms with E-state index >= 15 is 0 Å². The van der Waals surface area contributed by atoms with E-state index in [1.54, 1.807) is 0 Å². The molecule has 2 aliphatic rings. The van der Waals surface area contributed by atoms with Crippen molar-refractivity contribution in [2.75, 3.05) is 13.1 Å². The fraction of sp³-hybridized carbons (Fsp3) is 0.571.